The van der Waals surface area contributed by atoms with Gasteiger partial charge in [-0.25, -0.2) is 4.98 Å². The van der Waals surface area contributed by atoms with Gasteiger partial charge in [-0.15, -0.1) is 0 Å². The molecule has 0 fully saturated rings. The Hall–Kier alpha value is -2.99. The topological polar surface area (TPSA) is 69.2 Å². The fourth-order valence-corrected chi connectivity index (χ4v) is 2.70. The maximum Gasteiger partial charge on any atom is 0.223 e. The standard InChI is InChI=1S/C21H24N4O2/c1-14-15(2)25-18(16(3)24-14)13-22-12-17-8-7-11-23-21(17)27-20-10-6-5-9-19(20)26-4/h5-11,22H,12-13H2,1-4H3. The highest BCUT2D eigenvalue weighted by Gasteiger charge is 2.10. The van der Waals surface area contributed by atoms with Crippen LogP contribution in [-0.4, -0.2) is 22.1 Å². The van der Waals surface area contributed by atoms with Gasteiger partial charge in [-0.3, -0.25) is 9.97 Å². The molecule has 6 heteroatoms. The summed E-state index contributed by atoms with van der Waals surface area (Å²) in [7, 11) is 1.62. The highest BCUT2D eigenvalue weighted by molar-refractivity contribution is 5.42. The summed E-state index contributed by atoms with van der Waals surface area (Å²) in [6.45, 7) is 7.17. The van der Waals surface area contributed by atoms with E-state index in [2.05, 4.69) is 20.3 Å². The molecule has 1 aromatic carbocycles. The number of nitrogens with one attached hydrogen (secondary N) is 1. The lowest BCUT2D eigenvalue weighted by molar-refractivity contribution is 0.372. The molecule has 2 heterocycles. The highest BCUT2D eigenvalue weighted by atomic mass is 16.5. The van der Waals surface area contributed by atoms with Crippen LogP contribution in [0.15, 0.2) is 42.6 Å². The van der Waals surface area contributed by atoms with Gasteiger partial charge in [0.15, 0.2) is 11.5 Å². The largest absolute Gasteiger partial charge is 0.493 e. The van der Waals surface area contributed by atoms with E-state index >= 15 is 0 Å². The molecule has 0 aliphatic carbocycles. The van der Waals surface area contributed by atoms with Crippen molar-refractivity contribution in [3.05, 3.63) is 70.9 Å². The molecule has 0 saturated heterocycles. The summed E-state index contributed by atoms with van der Waals surface area (Å²) in [6, 6.07) is 11.4. The van der Waals surface area contributed by atoms with Gasteiger partial charge in [-0.2, -0.15) is 0 Å². The van der Waals surface area contributed by atoms with Crippen molar-refractivity contribution in [2.75, 3.05) is 7.11 Å². The smallest absolute Gasteiger partial charge is 0.223 e. The first kappa shape index (κ1) is 18.8. The first-order valence-electron chi connectivity index (χ1n) is 8.84. The monoisotopic (exact) mass is 364 g/mol. The van der Waals surface area contributed by atoms with E-state index in [1.165, 1.54) is 0 Å². The molecule has 0 unspecified atom stereocenters. The molecule has 27 heavy (non-hydrogen) atoms. The number of ether oxygens (including phenoxy) is 2. The molecule has 140 valence electrons. The minimum Gasteiger partial charge on any atom is -0.493 e. The van der Waals surface area contributed by atoms with Crippen molar-refractivity contribution in [2.24, 2.45) is 0 Å². The van der Waals surface area contributed by atoms with E-state index in [-0.39, 0.29) is 0 Å². The Kier molecular flexibility index (Phi) is 5.98. The maximum atomic E-state index is 5.99. The van der Waals surface area contributed by atoms with Crippen molar-refractivity contribution in [3.8, 4) is 17.4 Å². The van der Waals surface area contributed by atoms with Crippen LogP contribution in [0, 0.1) is 20.8 Å². The van der Waals surface area contributed by atoms with Crippen molar-refractivity contribution in [1.29, 1.82) is 0 Å². The van der Waals surface area contributed by atoms with Crippen molar-refractivity contribution >= 4 is 0 Å². The van der Waals surface area contributed by atoms with Crippen molar-refractivity contribution in [2.45, 2.75) is 33.9 Å². The van der Waals surface area contributed by atoms with Gasteiger partial charge in [0.1, 0.15) is 0 Å². The minimum atomic E-state index is 0.553. The number of para-hydroxylation sites is 2. The van der Waals surface area contributed by atoms with E-state index in [9.17, 15) is 0 Å². The lowest BCUT2D eigenvalue weighted by Gasteiger charge is -2.13. The van der Waals surface area contributed by atoms with Gasteiger partial charge in [0, 0.05) is 24.8 Å². The Labute approximate surface area is 159 Å². The second kappa shape index (κ2) is 8.60. The Balaban J connectivity index is 1.70. The zero-order chi connectivity index (χ0) is 19.2. The molecule has 0 saturated carbocycles. The summed E-state index contributed by atoms with van der Waals surface area (Å²) in [5, 5.41) is 3.41. The summed E-state index contributed by atoms with van der Waals surface area (Å²) >= 11 is 0. The van der Waals surface area contributed by atoms with Gasteiger partial charge >= 0.3 is 0 Å². The summed E-state index contributed by atoms with van der Waals surface area (Å²) < 4.78 is 11.3. The average Bonchev–Trinajstić information content (AvgIpc) is 2.67. The molecule has 0 bridgehead atoms. The predicted octanol–water partition coefficient (Wildman–Crippen LogP) is 3.89. The molecule has 1 N–H and O–H groups in total. The third-order valence-electron chi connectivity index (χ3n) is 4.31. The number of hydrogen-bond donors (Lipinski definition) is 1. The fraction of sp³-hybridized carbons (Fsp3) is 0.286. The third kappa shape index (κ3) is 4.60. The second-order valence-corrected chi connectivity index (χ2v) is 6.25. The number of rotatable bonds is 7. The van der Waals surface area contributed by atoms with Gasteiger partial charge in [0.25, 0.3) is 0 Å². The zero-order valence-electron chi connectivity index (χ0n) is 16.1. The maximum absolute atomic E-state index is 5.99. The molecule has 0 radical (unpaired) electrons. The van der Waals surface area contributed by atoms with Crippen LogP contribution in [0.2, 0.25) is 0 Å². The quantitative estimate of drug-likeness (QED) is 0.686. The van der Waals surface area contributed by atoms with Gasteiger partial charge in [-0.1, -0.05) is 18.2 Å². The van der Waals surface area contributed by atoms with Crippen molar-refractivity contribution in [3.63, 3.8) is 0 Å². The molecule has 2 aromatic heterocycles. The molecule has 3 aromatic rings. The summed E-state index contributed by atoms with van der Waals surface area (Å²) in [5.74, 6) is 1.86. The molecule has 3 rings (SSSR count). The van der Waals surface area contributed by atoms with E-state index in [0.717, 1.165) is 28.3 Å². The molecule has 6 nitrogen and oxygen atoms in total. The highest BCUT2D eigenvalue weighted by Crippen LogP contribution is 2.31. The normalized spacial score (nSPS) is 10.7. The third-order valence-corrected chi connectivity index (χ3v) is 4.31. The van der Waals surface area contributed by atoms with E-state index in [4.69, 9.17) is 9.47 Å². The number of nitrogens with zero attached hydrogens (tertiary/aromatic N) is 3. The first-order valence-corrected chi connectivity index (χ1v) is 8.84. The molecule has 0 amide bonds. The summed E-state index contributed by atoms with van der Waals surface area (Å²) in [5.41, 5.74) is 4.78. The molecule has 0 spiro atoms. The fourth-order valence-electron chi connectivity index (χ4n) is 2.70. The SMILES string of the molecule is COc1ccccc1Oc1ncccc1CNCc1nc(C)c(C)nc1C. The van der Waals surface area contributed by atoms with Crippen LogP contribution in [0.25, 0.3) is 0 Å². The van der Waals surface area contributed by atoms with Gasteiger partial charge in [-0.05, 0) is 39.0 Å². The number of benzene rings is 1. The number of pyridine rings is 1. The summed E-state index contributed by atoms with van der Waals surface area (Å²) in [6.07, 6.45) is 1.72. The average molecular weight is 364 g/mol. The van der Waals surface area contributed by atoms with Gasteiger partial charge in [0.2, 0.25) is 5.88 Å². The van der Waals surface area contributed by atoms with Crippen LogP contribution in [0.4, 0.5) is 0 Å². The van der Waals surface area contributed by atoms with Crippen LogP contribution in [0.5, 0.6) is 17.4 Å². The molecular weight excluding hydrogens is 340 g/mol. The van der Waals surface area contributed by atoms with Crippen LogP contribution in [-0.2, 0) is 13.1 Å². The summed E-state index contributed by atoms with van der Waals surface area (Å²) in [4.78, 5) is 13.5. The first-order chi connectivity index (χ1) is 13.1. The van der Waals surface area contributed by atoms with Crippen LogP contribution in [0.3, 0.4) is 0 Å². The van der Waals surface area contributed by atoms with Crippen molar-refractivity contribution < 1.29 is 9.47 Å². The molecule has 0 aliphatic rings. The zero-order valence-corrected chi connectivity index (χ0v) is 16.1. The van der Waals surface area contributed by atoms with Crippen LogP contribution >= 0.6 is 0 Å². The Morgan fingerprint density at radius 3 is 2.37 bits per heavy atom. The van der Waals surface area contributed by atoms with Crippen molar-refractivity contribution in [1.82, 2.24) is 20.3 Å². The Morgan fingerprint density at radius 2 is 1.59 bits per heavy atom. The lowest BCUT2D eigenvalue weighted by Crippen LogP contribution is -2.17. The predicted molar refractivity (Wildman–Crippen MR) is 104 cm³/mol. The number of hydrogen-bond acceptors (Lipinski definition) is 6. The number of aryl methyl sites for hydroxylation is 3. The minimum absolute atomic E-state index is 0.553. The number of methoxy groups -OCH3 is 1. The Bertz CT molecular complexity index is 928. The molecule has 0 aliphatic heterocycles. The molecule has 0 atom stereocenters. The lowest BCUT2D eigenvalue weighted by atomic mass is 10.2. The van der Waals surface area contributed by atoms with E-state index in [0.29, 0.717) is 30.5 Å². The van der Waals surface area contributed by atoms with Gasteiger partial charge < -0.3 is 14.8 Å². The van der Waals surface area contributed by atoms with E-state index < -0.39 is 0 Å². The van der Waals surface area contributed by atoms with E-state index in [1.54, 1.807) is 13.3 Å². The second-order valence-electron chi connectivity index (χ2n) is 6.25. The Morgan fingerprint density at radius 1 is 0.852 bits per heavy atom. The van der Waals surface area contributed by atoms with Crippen LogP contribution in [0.1, 0.15) is 28.3 Å². The number of aromatic nitrogens is 3. The van der Waals surface area contributed by atoms with Crippen LogP contribution < -0.4 is 14.8 Å². The molecular formula is C21H24N4O2. The van der Waals surface area contributed by atoms with Gasteiger partial charge in [0.05, 0.1) is 29.9 Å². The van der Waals surface area contributed by atoms with E-state index in [1.807, 2.05) is 57.2 Å².